The normalized spacial score (nSPS) is 11.4. The Hall–Kier alpha value is -1.56. The maximum atomic E-state index is 10.5. The van der Waals surface area contributed by atoms with Gasteiger partial charge in [0, 0.05) is 7.11 Å². The molecule has 0 bridgehead atoms. The molecule has 0 saturated heterocycles. The molecule has 0 aromatic carbocycles. The molecule has 0 aliphatic carbocycles. The van der Waals surface area contributed by atoms with Crippen molar-refractivity contribution in [2.45, 2.75) is 12.8 Å². The monoisotopic (exact) mass is 366 g/mol. The lowest BCUT2D eigenvalue weighted by Crippen LogP contribution is -2.41. The van der Waals surface area contributed by atoms with E-state index < -0.39 is 17.4 Å². The van der Waals surface area contributed by atoms with Gasteiger partial charge >= 0.3 is 11.9 Å². The van der Waals surface area contributed by atoms with E-state index >= 15 is 0 Å². The summed E-state index contributed by atoms with van der Waals surface area (Å²) in [6, 6.07) is 0. The highest BCUT2D eigenvalue weighted by molar-refractivity contribution is 5.67. The molecule has 0 saturated carbocycles. The summed E-state index contributed by atoms with van der Waals surface area (Å²) in [7, 11) is 1.47. The average Bonchev–Trinajstić information content (AvgIpc) is 2.55. The third kappa shape index (κ3) is 13.4. The fourth-order valence-corrected chi connectivity index (χ4v) is 1.71. The summed E-state index contributed by atoms with van der Waals surface area (Å²) in [5.41, 5.74) is -0.830. The standard InChI is InChI=1S/C15H26O10/c1-3-6-23-25-24-12-15(9-20-2,10-21-7-4-13(16)17)11-22-8-5-14(18)19/h3H,1,4-12H2,2H3,(H,16,17)(H,18,19). The van der Waals surface area contributed by atoms with E-state index in [0.29, 0.717) is 0 Å². The summed E-state index contributed by atoms with van der Waals surface area (Å²) in [5.74, 6) is -1.96. The van der Waals surface area contributed by atoms with Gasteiger partial charge in [0.1, 0.15) is 6.61 Å². The molecule has 0 fully saturated rings. The van der Waals surface area contributed by atoms with Crippen molar-refractivity contribution in [2.24, 2.45) is 5.41 Å². The Kier molecular flexibility index (Phi) is 13.8. The maximum Gasteiger partial charge on any atom is 0.305 e. The summed E-state index contributed by atoms with van der Waals surface area (Å²) >= 11 is 0. The number of ether oxygens (including phenoxy) is 3. The molecule has 2 N–H and O–H groups in total. The molecule has 0 unspecified atom stereocenters. The molecule has 146 valence electrons. The van der Waals surface area contributed by atoms with Gasteiger partial charge in [-0.1, -0.05) is 11.1 Å². The van der Waals surface area contributed by atoms with Crippen LogP contribution in [0.1, 0.15) is 12.8 Å². The molecule has 25 heavy (non-hydrogen) atoms. The van der Waals surface area contributed by atoms with Crippen LogP contribution in [0, 0.1) is 5.41 Å². The van der Waals surface area contributed by atoms with Gasteiger partial charge in [-0.3, -0.25) is 9.59 Å². The number of carboxylic acids is 2. The van der Waals surface area contributed by atoms with Crippen LogP contribution < -0.4 is 0 Å². The van der Waals surface area contributed by atoms with E-state index in [1.807, 2.05) is 0 Å². The van der Waals surface area contributed by atoms with Gasteiger partial charge in [0.05, 0.1) is 57.9 Å². The molecular formula is C15H26O10. The third-order valence-corrected chi connectivity index (χ3v) is 2.83. The number of carbonyl (C=O) groups is 2. The molecule has 0 aromatic rings. The predicted molar refractivity (Wildman–Crippen MR) is 83.6 cm³/mol. The maximum absolute atomic E-state index is 10.5. The van der Waals surface area contributed by atoms with Gasteiger partial charge < -0.3 is 24.4 Å². The van der Waals surface area contributed by atoms with Gasteiger partial charge in [0.15, 0.2) is 0 Å². The molecule has 0 rings (SSSR count). The Labute approximate surface area is 146 Å². The van der Waals surface area contributed by atoms with Crippen LogP contribution in [0.25, 0.3) is 0 Å². The minimum absolute atomic E-state index is 0.00372. The number of hydrogen-bond donors (Lipinski definition) is 2. The molecule has 0 radical (unpaired) electrons. The van der Waals surface area contributed by atoms with Crippen LogP contribution in [0.5, 0.6) is 0 Å². The van der Waals surface area contributed by atoms with E-state index in [2.05, 4.69) is 16.5 Å². The molecule has 0 aliphatic heterocycles. The van der Waals surface area contributed by atoms with Crippen LogP contribution in [0.15, 0.2) is 12.7 Å². The van der Waals surface area contributed by atoms with Crippen molar-refractivity contribution in [3.8, 4) is 0 Å². The van der Waals surface area contributed by atoms with Crippen LogP contribution in [0.3, 0.4) is 0 Å². The number of aliphatic carboxylic acids is 2. The largest absolute Gasteiger partial charge is 0.481 e. The second kappa shape index (κ2) is 14.8. The highest BCUT2D eigenvalue weighted by atomic mass is 17.5. The SMILES string of the molecule is C=CCOOOCC(COC)(COCCC(=O)O)COCCC(=O)O. The van der Waals surface area contributed by atoms with E-state index in [4.69, 9.17) is 29.3 Å². The molecule has 10 heteroatoms. The number of carboxylic acid groups (broad SMARTS) is 2. The minimum atomic E-state index is -0.979. The Morgan fingerprint density at radius 1 is 0.960 bits per heavy atom. The molecular weight excluding hydrogens is 340 g/mol. The number of hydrogen-bond acceptors (Lipinski definition) is 8. The van der Waals surface area contributed by atoms with E-state index in [9.17, 15) is 9.59 Å². The van der Waals surface area contributed by atoms with Crippen LogP contribution >= 0.6 is 0 Å². The zero-order valence-electron chi connectivity index (χ0n) is 14.3. The van der Waals surface area contributed by atoms with Gasteiger partial charge in [0.2, 0.25) is 0 Å². The molecule has 10 nitrogen and oxygen atoms in total. The van der Waals surface area contributed by atoms with E-state index in [-0.39, 0.29) is 59.1 Å². The molecule has 0 aliphatic rings. The van der Waals surface area contributed by atoms with Crippen molar-refractivity contribution < 1.29 is 48.8 Å². The second-order valence-electron chi connectivity index (χ2n) is 5.23. The molecule has 0 atom stereocenters. The van der Waals surface area contributed by atoms with Crippen molar-refractivity contribution in [1.82, 2.24) is 0 Å². The van der Waals surface area contributed by atoms with Gasteiger partial charge in [-0.15, -0.1) is 6.58 Å². The lowest BCUT2D eigenvalue weighted by atomic mass is 9.92. The predicted octanol–water partition coefficient (Wildman–Crippen LogP) is 0.668. The van der Waals surface area contributed by atoms with Crippen LogP contribution in [-0.2, 0) is 38.6 Å². The Bertz CT molecular complexity index is 363. The van der Waals surface area contributed by atoms with Crippen molar-refractivity contribution in [3.05, 3.63) is 12.7 Å². The molecule has 0 aromatic heterocycles. The lowest BCUT2D eigenvalue weighted by Gasteiger charge is -2.31. The van der Waals surface area contributed by atoms with E-state index in [1.54, 1.807) is 0 Å². The molecule has 0 heterocycles. The Morgan fingerprint density at radius 3 is 1.96 bits per heavy atom. The van der Waals surface area contributed by atoms with Gasteiger partial charge in [-0.25, -0.2) is 9.78 Å². The summed E-state index contributed by atoms with van der Waals surface area (Å²) in [6.45, 7) is 3.81. The van der Waals surface area contributed by atoms with Crippen molar-refractivity contribution in [1.29, 1.82) is 0 Å². The number of methoxy groups -OCH3 is 1. The fourth-order valence-electron chi connectivity index (χ4n) is 1.71. The van der Waals surface area contributed by atoms with Crippen LogP contribution in [0.2, 0.25) is 0 Å². The summed E-state index contributed by atoms with van der Waals surface area (Å²) < 4.78 is 15.9. The van der Waals surface area contributed by atoms with Crippen molar-refractivity contribution >= 4 is 11.9 Å². The summed E-state index contributed by atoms with van der Waals surface area (Å²) in [4.78, 5) is 30.7. The van der Waals surface area contributed by atoms with Crippen LogP contribution in [-0.4, -0.2) is 75.5 Å². The van der Waals surface area contributed by atoms with Crippen LogP contribution in [0.4, 0.5) is 0 Å². The zero-order chi connectivity index (χ0) is 19.0. The third-order valence-electron chi connectivity index (χ3n) is 2.83. The second-order valence-corrected chi connectivity index (χ2v) is 5.23. The Balaban J connectivity index is 4.57. The van der Waals surface area contributed by atoms with E-state index in [0.717, 1.165) is 0 Å². The Morgan fingerprint density at radius 2 is 1.52 bits per heavy atom. The highest BCUT2D eigenvalue weighted by Crippen LogP contribution is 2.21. The fraction of sp³-hybridized carbons (Fsp3) is 0.733. The quantitative estimate of drug-likeness (QED) is 0.154. The van der Waals surface area contributed by atoms with Crippen molar-refractivity contribution in [3.63, 3.8) is 0 Å². The van der Waals surface area contributed by atoms with Gasteiger partial charge in [-0.05, 0) is 0 Å². The van der Waals surface area contributed by atoms with Gasteiger partial charge in [-0.2, -0.15) is 0 Å². The minimum Gasteiger partial charge on any atom is -0.481 e. The van der Waals surface area contributed by atoms with E-state index in [1.165, 1.54) is 13.2 Å². The highest BCUT2D eigenvalue weighted by Gasteiger charge is 2.33. The zero-order valence-corrected chi connectivity index (χ0v) is 14.3. The summed E-state index contributed by atoms with van der Waals surface area (Å²) in [6.07, 6.45) is 1.17. The topological polar surface area (TPSA) is 130 Å². The molecule has 0 amide bonds. The number of rotatable bonds is 18. The first-order valence-electron chi connectivity index (χ1n) is 7.56. The average molecular weight is 366 g/mol. The smallest absolute Gasteiger partial charge is 0.305 e. The first-order chi connectivity index (χ1) is 12.0. The first-order valence-corrected chi connectivity index (χ1v) is 7.56. The molecule has 0 spiro atoms. The van der Waals surface area contributed by atoms with Gasteiger partial charge in [0.25, 0.3) is 0 Å². The first kappa shape index (κ1) is 23.4. The lowest BCUT2D eigenvalue weighted by molar-refractivity contribution is -0.515. The summed E-state index contributed by atoms with van der Waals surface area (Å²) in [5, 5.41) is 21.8. The van der Waals surface area contributed by atoms with Crippen molar-refractivity contribution in [2.75, 3.05) is 53.4 Å².